The molecule has 0 aliphatic heterocycles. The van der Waals surface area contributed by atoms with Gasteiger partial charge in [-0.15, -0.1) is 0 Å². The lowest BCUT2D eigenvalue weighted by Crippen LogP contribution is -2.29. The van der Waals surface area contributed by atoms with Gasteiger partial charge in [0.15, 0.2) is 0 Å². The van der Waals surface area contributed by atoms with Crippen LogP contribution in [0.5, 0.6) is 0 Å². The molecule has 5 atom stereocenters. The number of ether oxygens (including phenoxy) is 5. The van der Waals surface area contributed by atoms with Gasteiger partial charge >= 0.3 is 0 Å². The Balaban J connectivity index is 3.69. The summed E-state index contributed by atoms with van der Waals surface area (Å²) in [5, 5.41) is 8.92. The van der Waals surface area contributed by atoms with Gasteiger partial charge in [-0.2, -0.15) is 0 Å². The highest BCUT2D eigenvalue weighted by molar-refractivity contribution is 4.57. The van der Waals surface area contributed by atoms with E-state index in [4.69, 9.17) is 28.8 Å². The van der Waals surface area contributed by atoms with Gasteiger partial charge in [-0.1, -0.05) is 13.8 Å². The fraction of sp³-hybridized carbons (Fsp3) is 1.00. The summed E-state index contributed by atoms with van der Waals surface area (Å²) in [6, 6.07) is 0. The molecule has 0 aromatic carbocycles. The number of aliphatic hydroxyl groups is 1. The molecule has 6 heteroatoms. The Labute approximate surface area is 160 Å². The van der Waals surface area contributed by atoms with Crippen LogP contribution in [-0.4, -0.2) is 75.3 Å². The summed E-state index contributed by atoms with van der Waals surface area (Å²) in [5.41, 5.74) is 0. The lowest BCUT2D eigenvalue weighted by molar-refractivity contribution is -0.0977. The van der Waals surface area contributed by atoms with Crippen molar-refractivity contribution in [3.8, 4) is 0 Å². The topological polar surface area (TPSA) is 66.4 Å². The molecule has 26 heavy (non-hydrogen) atoms. The van der Waals surface area contributed by atoms with E-state index in [1.165, 1.54) is 0 Å². The molecule has 0 bridgehead atoms. The second kappa shape index (κ2) is 15.8. The highest BCUT2D eigenvalue weighted by Gasteiger charge is 2.12. The molecular formula is C20H42O6. The van der Waals surface area contributed by atoms with Gasteiger partial charge in [-0.25, -0.2) is 0 Å². The quantitative estimate of drug-likeness (QED) is 0.420. The van der Waals surface area contributed by atoms with Crippen LogP contribution in [0.4, 0.5) is 0 Å². The van der Waals surface area contributed by atoms with Crippen molar-refractivity contribution in [2.75, 3.05) is 39.6 Å². The summed E-state index contributed by atoms with van der Waals surface area (Å²) < 4.78 is 28.4. The van der Waals surface area contributed by atoms with Crippen molar-refractivity contribution >= 4 is 0 Å². The third-order valence-corrected chi connectivity index (χ3v) is 3.82. The fourth-order valence-electron chi connectivity index (χ4n) is 1.95. The molecule has 0 saturated heterocycles. The molecule has 0 amide bonds. The molecule has 5 unspecified atom stereocenters. The maximum Gasteiger partial charge on any atom is 0.0781 e. The molecule has 0 aromatic rings. The average Bonchev–Trinajstić information content (AvgIpc) is 2.60. The molecule has 0 spiro atoms. The largest absolute Gasteiger partial charge is 0.394 e. The first-order valence-corrected chi connectivity index (χ1v) is 9.93. The molecule has 158 valence electrons. The van der Waals surface area contributed by atoms with E-state index in [0.29, 0.717) is 32.3 Å². The van der Waals surface area contributed by atoms with Crippen LogP contribution >= 0.6 is 0 Å². The maximum atomic E-state index is 8.92. The van der Waals surface area contributed by atoms with Gasteiger partial charge in [0, 0.05) is 6.61 Å². The Morgan fingerprint density at radius 2 is 0.885 bits per heavy atom. The molecule has 0 aromatic heterocycles. The Morgan fingerprint density at radius 3 is 1.23 bits per heavy atom. The summed E-state index contributed by atoms with van der Waals surface area (Å²) >= 11 is 0. The minimum atomic E-state index is -0.163. The SMILES string of the molecule is CC(C)CCOC(C)COC(C)COC(C)COC(C)COC(C)CO. The van der Waals surface area contributed by atoms with Gasteiger partial charge in [0.1, 0.15) is 0 Å². The van der Waals surface area contributed by atoms with Crippen LogP contribution in [-0.2, 0) is 23.7 Å². The van der Waals surface area contributed by atoms with Gasteiger partial charge in [-0.05, 0) is 47.0 Å². The van der Waals surface area contributed by atoms with Crippen LogP contribution in [0.25, 0.3) is 0 Å². The van der Waals surface area contributed by atoms with Crippen molar-refractivity contribution < 1.29 is 28.8 Å². The van der Waals surface area contributed by atoms with Crippen molar-refractivity contribution in [3.05, 3.63) is 0 Å². The molecule has 0 aliphatic carbocycles. The van der Waals surface area contributed by atoms with E-state index in [2.05, 4.69) is 13.8 Å². The molecule has 6 nitrogen and oxygen atoms in total. The van der Waals surface area contributed by atoms with Crippen molar-refractivity contribution in [2.45, 2.75) is 85.4 Å². The van der Waals surface area contributed by atoms with E-state index >= 15 is 0 Å². The van der Waals surface area contributed by atoms with Gasteiger partial charge in [0.25, 0.3) is 0 Å². The van der Waals surface area contributed by atoms with Gasteiger partial charge < -0.3 is 28.8 Å². The normalized spacial score (nSPS) is 17.9. The molecule has 0 heterocycles. The number of rotatable bonds is 17. The Bertz CT molecular complexity index is 313. The summed E-state index contributed by atoms with van der Waals surface area (Å²) in [7, 11) is 0. The van der Waals surface area contributed by atoms with Gasteiger partial charge in [-0.3, -0.25) is 0 Å². The summed E-state index contributed by atoms with van der Waals surface area (Å²) in [4.78, 5) is 0. The predicted molar refractivity (Wildman–Crippen MR) is 104 cm³/mol. The average molecular weight is 379 g/mol. The van der Waals surface area contributed by atoms with Crippen LogP contribution in [0, 0.1) is 5.92 Å². The minimum Gasteiger partial charge on any atom is -0.394 e. The zero-order valence-corrected chi connectivity index (χ0v) is 17.9. The third-order valence-electron chi connectivity index (χ3n) is 3.82. The third kappa shape index (κ3) is 16.0. The van der Waals surface area contributed by atoms with Crippen molar-refractivity contribution in [2.24, 2.45) is 5.92 Å². The molecule has 0 rings (SSSR count). The first-order chi connectivity index (χ1) is 12.2. The summed E-state index contributed by atoms with van der Waals surface area (Å²) in [6.07, 6.45) is 0.970. The standard InChI is InChI=1S/C20H42O6/c1-15(2)8-9-22-17(4)11-24-19(6)13-26-20(7)14-25-18(5)12-23-16(3)10-21/h15-21H,8-14H2,1-7H3. The second-order valence-electron chi connectivity index (χ2n) is 7.62. The van der Waals surface area contributed by atoms with Crippen LogP contribution < -0.4 is 0 Å². The molecule has 0 saturated carbocycles. The van der Waals surface area contributed by atoms with Crippen molar-refractivity contribution in [1.82, 2.24) is 0 Å². The summed E-state index contributed by atoms with van der Waals surface area (Å²) in [5.74, 6) is 0.659. The molecule has 0 aliphatic rings. The second-order valence-corrected chi connectivity index (χ2v) is 7.62. The highest BCUT2D eigenvalue weighted by atomic mass is 16.6. The van der Waals surface area contributed by atoms with E-state index < -0.39 is 0 Å². The molecule has 0 fully saturated rings. The number of aliphatic hydroxyl groups excluding tert-OH is 1. The smallest absolute Gasteiger partial charge is 0.0781 e. The van der Waals surface area contributed by atoms with E-state index in [1.807, 2.05) is 34.6 Å². The zero-order chi connectivity index (χ0) is 19.9. The first-order valence-electron chi connectivity index (χ1n) is 9.93. The Hall–Kier alpha value is -0.240. The Morgan fingerprint density at radius 1 is 0.538 bits per heavy atom. The fourth-order valence-corrected chi connectivity index (χ4v) is 1.95. The predicted octanol–water partition coefficient (Wildman–Crippen LogP) is 3.05. The van der Waals surface area contributed by atoms with Crippen LogP contribution in [0.3, 0.4) is 0 Å². The van der Waals surface area contributed by atoms with Crippen LogP contribution in [0.1, 0.15) is 54.9 Å². The van der Waals surface area contributed by atoms with Gasteiger partial charge in [0.05, 0.1) is 63.6 Å². The first kappa shape index (κ1) is 25.8. The molecule has 1 N–H and O–H groups in total. The molecular weight excluding hydrogens is 336 g/mol. The van der Waals surface area contributed by atoms with Crippen LogP contribution in [0.15, 0.2) is 0 Å². The monoisotopic (exact) mass is 378 g/mol. The number of hydrogen-bond donors (Lipinski definition) is 1. The number of hydrogen-bond acceptors (Lipinski definition) is 6. The van der Waals surface area contributed by atoms with Gasteiger partial charge in [0.2, 0.25) is 0 Å². The lowest BCUT2D eigenvalue weighted by Gasteiger charge is -2.22. The minimum absolute atomic E-state index is 0.0137. The van der Waals surface area contributed by atoms with Crippen molar-refractivity contribution in [1.29, 1.82) is 0 Å². The molecule has 0 radical (unpaired) electrons. The lowest BCUT2D eigenvalue weighted by atomic mass is 10.1. The summed E-state index contributed by atoms with van der Waals surface area (Å²) in [6.45, 7) is 17.0. The van der Waals surface area contributed by atoms with Crippen LogP contribution in [0.2, 0.25) is 0 Å². The highest BCUT2D eigenvalue weighted by Crippen LogP contribution is 2.05. The van der Waals surface area contributed by atoms with E-state index in [9.17, 15) is 0 Å². The maximum absolute atomic E-state index is 8.92. The van der Waals surface area contributed by atoms with E-state index in [-0.39, 0.29) is 37.1 Å². The van der Waals surface area contributed by atoms with E-state index in [0.717, 1.165) is 13.0 Å². The van der Waals surface area contributed by atoms with E-state index in [1.54, 1.807) is 0 Å². The Kier molecular flexibility index (Phi) is 15.6. The zero-order valence-electron chi connectivity index (χ0n) is 17.9. The van der Waals surface area contributed by atoms with Crippen molar-refractivity contribution in [3.63, 3.8) is 0 Å².